The lowest BCUT2D eigenvalue weighted by molar-refractivity contribution is -0.211. The molecule has 6 N–H and O–H groups in total. The van der Waals surface area contributed by atoms with E-state index in [1.807, 2.05) is 6.07 Å². The first-order valence-corrected chi connectivity index (χ1v) is 19.6. The number of nitrogens with one attached hydrogen (secondary N) is 2. The minimum atomic E-state index is -4.75. The number of nitrogens with zero attached hydrogens (tertiary/aromatic N) is 1. The maximum atomic E-state index is 13.1. The molecular formula is C40H54F3N3O10. The minimum absolute atomic E-state index is 0.00740. The third-order valence-electron chi connectivity index (χ3n) is 12.6. The number of aromatic nitrogens is 1. The number of pyridine rings is 1. The number of aromatic hydroxyl groups is 1. The van der Waals surface area contributed by atoms with E-state index in [4.69, 9.17) is 18.9 Å². The largest absolute Gasteiger partial charge is 0.508 e. The average molecular weight is 794 g/mol. The normalized spacial score (nSPS) is 32.5. The lowest BCUT2D eigenvalue weighted by Crippen LogP contribution is -2.63. The maximum Gasteiger partial charge on any atom is 0.433 e. The van der Waals surface area contributed by atoms with Crippen LogP contribution in [0.1, 0.15) is 81.5 Å². The number of carbonyl (C=O) groups is 2. The van der Waals surface area contributed by atoms with Crippen molar-refractivity contribution >= 4 is 11.8 Å². The number of halogens is 3. The number of aliphatic hydroxyl groups excluding tert-OH is 2. The second kappa shape index (κ2) is 17.5. The Kier molecular flexibility index (Phi) is 13.2. The summed E-state index contributed by atoms with van der Waals surface area (Å²) >= 11 is 0. The van der Waals surface area contributed by atoms with Gasteiger partial charge in [-0.25, -0.2) is 4.98 Å². The smallest absolute Gasteiger partial charge is 0.433 e. The zero-order valence-electron chi connectivity index (χ0n) is 31.8. The van der Waals surface area contributed by atoms with Gasteiger partial charge in [-0.05, 0) is 111 Å². The van der Waals surface area contributed by atoms with Gasteiger partial charge >= 0.3 is 6.18 Å². The molecule has 16 heteroatoms. The fourth-order valence-electron chi connectivity index (χ4n) is 9.64. The Morgan fingerprint density at radius 3 is 2.57 bits per heavy atom. The van der Waals surface area contributed by atoms with Gasteiger partial charge in [-0.3, -0.25) is 9.59 Å². The van der Waals surface area contributed by atoms with Crippen LogP contribution in [0.5, 0.6) is 11.6 Å². The number of phenolic OH excluding ortho intramolecular Hbond substituents is 1. The Labute approximate surface area is 324 Å². The summed E-state index contributed by atoms with van der Waals surface area (Å²) in [6.45, 7) is 4.25. The molecule has 0 spiro atoms. The fraction of sp³-hybridized carbons (Fsp3) is 0.675. The summed E-state index contributed by atoms with van der Waals surface area (Å²) in [7, 11) is 0. The van der Waals surface area contributed by atoms with E-state index < -0.39 is 59.8 Å². The first kappa shape index (κ1) is 42.1. The Morgan fingerprint density at radius 2 is 1.79 bits per heavy atom. The number of hydrogen-bond acceptors (Lipinski definition) is 11. The Bertz CT molecular complexity index is 1680. The SMILES string of the molecule is C[C@H]1O[C@H](C(=O)NCCOCCOCC(=O)NCCC[C@]2(O)CC[C@H]3[C@@H]4CCc5cc(O)ccc5[C@H]4CC[C@@]32C)[C@H](Oc2cccc(C(F)(F)F)n2)[C@@H](O)[C@H]1O. The summed E-state index contributed by atoms with van der Waals surface area (Å²) < 4.78 is 61.3. The minimum Gasteiger partial charge on any atom is -0.508 e. The monoisotopic (exact) mass is 793 g/mol. The Morgan fingerprint density at radius 1 is 1.00 bits per heavy atom. The van der Waals surface area contributed by atoms with E-state index in [0.717, 1.165) is 56.7 Å². The highest BCUT2D eigenvalue weighted by atomic mass is 19.4. The van der Waals surface area contributed by atoms with Crippen molar-refractivity contribution in [2.45, 2.75) is 113 Å². The van der Waals surface area contributed by atoms with Crippen molar-refractivity contribution in [1.82, 2.24) is 15.6 Å². The first-order chi connectivity index (χ1) is 26.6. The number of phenols is 1. The van der Waals surface area contributed by atoms with Crippen LogP contribution in [0.4, 0.5) is 13.2 Å². The molecule has 2 saturated carbocycles. The summed E-state index contributed by atoms with van der Waals surface area (Å²) in [5.41, 5.74) is 0.446. The molecule has 310 valence electrons. The summed E-state index contributed by atoms with van der Waals surface area (Å²) in [6, 6.07) is 8.74. The molecular weight excluding hydrogens is 739 g/mol. The summed E-state index contributed by atoms with van der Waals surface area (Å²) in [5, 5.41) is 48.2. The predicted molar refractivity (Wildman–Crippen MR) is 195 cm³/mol. The molecule has 2 amide bonds. The molecule has 1 saturated heterocycles. The molecule has 56 heavy (non-hydrogen) atoms. The van der Waals surface area contributed by atoms with Gasteiger partial charge < -0.3 is 50.0 Å². The molecule has 4 aliphatic rings. The van der Waals surface area contributed by atoms with Crippen molar-refractivity contribution in [2.75, 3.05) is 39.5 Å². The number of rotatable bonds is 15. The summed E-state index contributed by atoms with van der Waals surface area (Å²) in [4.78, 5) is 28.8. The second-order valence-electron chi connectivity index (χ2n) is 15.9. The van der Waals surface area contributed by atoms with Gasteiger partial charge in [0.05, 0.1) is 31.5 Å². The molecule has 0 bridgehead atoms. The van der Waals surface area contributed by atoms with E-state index in [2.05, 4.69) is 28.6 Å². The molecule has 2 aromatic rings. The predicted octanol–water partition coefficient (Wildman–Crippen LogP) is 3.40. The zero-order chi connectivity index (χ0) is 40.3. The van der Waals surface area contributed by atoms with Crippen molar-refractivity contribution in [3.05, 3.63) is 53.2 Å². The fourth-order valence-corrected chi connectivity index (χ4v) is 9.64. The number of hydrogen-bond donors (Lipinski definition) is 6. The van der Waals surface area contributed by atoms with Gasteiger partial charge in [0.2, 0.25) is 11.8 Å². The number of alkyl halides is 3. The molecule has 1 aromatic carbocycles. The Hall–Kier alpha value is -3.54. The van der Waals surface area contributed by atoms with E-state index in [-0.39, 0.29) is 44.3 Å². The summed E-state index contributed by atoms with van der Waals surface area (Å²) in [6.07, 6.45) is -4.85. The highest BCUT2D eigenvalue weighted by Gasteiger charge is 2.61. The van der Waals surface area contributed by atoms with Crippen LogP contribution in [-0.2, 0) is 36.4 Å². The van der Waals surface area contributed by atoms with E-state index >= 15 is 0 Å². The number of aliphatic hydroxyl groups is 3. The zero-order valence-corrected chi connectivity index (χ0v) is 31.8. The van der Waals surface area contributed by atoms with Gasteiger partial charge in [-0.1, -0.05) is 19.1 Å². The van der Waals surface area contributed by atoms with Crippen LogP contribution in [0.3, 0.4) is 0 Å². The van der Waals surface area contributed by atoms with Crippen LogP contribution < -0.4 is 15.4 Å². The van der Waals surface area contributed by atoms with E-state index in [0.29, 0.717) is 42.9 Å². The number of carbonyl (C=O) groups excluding carboxylic acids is 2. The van der Waals surface area contributed by atoms with Gasteiger partial charge in [0.15, 0.2) is 12.2 Å². The van der Waals surface area contributed by atoms with Crippen molar-refractivity contribution < 1.29 is 62.1 Å². The van der Waals surface area contributed by atoms with E-state index in [9.17, 15) is 43.2 Å². The number of ether oxygens (including phenoxy) is 4. The van der Waals surface area contributed by atoms with Crippen molar-refractivity contribution in [3.63, 3.8) is 0 Å². The van der Waals surface area contributed by atoms with Gasteiger partial charge in [0.25, 0.3) is 5.91 Å². The molecule has 0 radical (unpaired) electrons. The third-order valence-corrected chi connectivity index (χ3v) is 12.6. The van der Waals surface area contributed by atoms with Crippen LogP contribution in [0.15, 0.2) is 36.4 Å². The molecule has 0 unspecified atom stereocenters. The Balaban J connectivity index is 0.850. The maximum absolute atomic E-state index is 13.1. The van der Waals surface area contributed by atoms with Gasteiger partial charge in [0, 0.05) is 19.2 Å². The van der Waals surface area contributed by atoms with Crippen LogP contribution >= 0.6 is 0 Å². The van der Waals surface area contributed by atoms with Crippen LogP contribution in [0, 0.1) is 17.3 Å². The first-order valence-electron chi connectivity index (χ1n) is 19.6. The van der Waals surface area contributed by atoms with E-state index in [1.54, 1.807) is 6.07 Å². The third kappa shape index (κ3) is 9.10. The van der Waals surface area contributed by atoms with Crippen LogP contribution in [0.2, 0.25) is 0 Å². The quantitative estimate of drug-likeness (QED) is 0.145. The lowest BCUT2D eigenvalue weighted by Gasteiger charge is -2.53. The highest BCUT2D eigenvalue weighted by Crippen LogP contribution is 2.65. The molecule has 1 aliphatic heterocycles. The number of fused-ring (bicyclic) bond motifs is 5. The van der Waals surface area contributed by atoms with Crippen molar-refractivity contribution in [2.24, 2.45) is 17.3 Å². The number of aryl methyl sites for hydroxylation is 1. The van der Waals surface area contributed by atoms with Crippen molar-refractivity contribution in [1.29, 1.82) is 0 Å². The molecule has 10 atom stereocenters. The second-order valence-corrected chi connectivity index (χ2v) is 15.9. The lowest BCUT2D eigenvalue weighted by atomic mass is 9.53. The highest BCUT2D eigenvalue weighted by molar-refractivity contribution is 5.81. The number of amides is 2. The van der Waals surface area contributed by atoms with Gasteiger partial charge in [0.1, 0.15) is 30.3 Å². The molecule has 13 nitrogen and oxygen atoms in total. The van der Waals surface area contributed by atoms with E-state index in [1.165, 1.54) is 18.1 Å². The molecule has 6 rings (SSSR count). The van der Waals surface area contributed by atoms with Crippen LogP contribution in [-0.4, -0.2) is 113 Å². The standard InChI is InChI=1S/C40H54F3N3O10/c1-23-33(49)34(50)35(56-32-6-3-5-30(46-32)40(41,42)43)36(55-23)37(51)45-17-18-53-19-20-54-22-31(48)44-16-4-13-39(52)15-12-29-28-9-7-24-21-25(47)8-10-26(24)27(28)11-14-38(29,39)2/h3,5-6,8,10,21,23,27-29,33-36,47,49-50,52H,4,7,9,11-20,22H2,1-2H3,(H,44,48)(H,45,51)/t23-,27-,28-,29+,33+,34+,35-,36+,38+,39+/m1/s1. The summed E-state index contributed by atoms with van der Waals surface area (Å²) in [5.74, 6) is 0.239. The molecule has 2 heterocycles. The van der Waals surface area contributed by atoms with Gasteiger partial charge in [-0.2, -0.15) is 13.2 Å². The topological polar surface area (TPSA) is 189 Å². The average Bonchev–Trinajstić information content (AvgIpc) is 3.43. The van der Waals surface area contributed by atoms with Crippen LogP contribution in [0.25, 0.3) is 0 Å². The number of benzene rings is 1. The van der Waals surface area contributed by atoms with Crippen molar-refractivity contribution in [3.8, 4) is 11.6 Å². The molecule has 3 fully saturated rings. The molecule has 3 aliphatic carbocycles. The molecule has 1 aromatic heterocycles. The van der Waals surface area contributed by atoms with Gasteiger partial charge in [-0.15, -0.1) is 0 Å².